The molecule has 0 spiro atoms. The fraction of sp³-hybridized carbons (Fsp3) is 0.310. The molecule has 1 aliphatic rings. The average Bonchev–Trinajstić information content (AvgIpc) is 3.39. The molecule has 0 unspecified atom stereocenters. The molecule has 1 aliphatic heterocycles. The van der Waals surface area contributed by atoms with Crippen LogP contribution >= 0.6 is 0 Å². The van der Waals surface area contributed by atoms with Gasteiger partial charge < -0.3 is 32.8 Å². The molecule has 70 heavy (non-hydrogen) atoms. The summed E-state index contributed by atoms with van der Waals surface area (Å²) in [6.07, 6.45) is -1.66. The van der Waals surface area contributed by atoms with Crippen LogP contribution in [-0.2, 0) is 32.8 Å². The topological polar surface area (TPSA) is 133 Å². The Labute approximate surface area is 412 Å². The second-order valence-corrected chi connectivity index (χ2v) is 22.5. The van der Waals surface area contributed by atoms with Crippen molar-refractivity contribution < 1.29 is 52.0 Å². The van der Waals surface area contributed by atoms with Crippen molar-refractivity contribution in [3.8, 4) is 0 Å². The highest BCUT2D eigenvalue weighted by Crippen LogP contribution is 2.37. The maximum absolute atomic E-state index is 14.0. The van der Waals surface area contributed by atoms with Gasteiger partial charge in [0.15, 0.2) is 24.6 Å². The number of hydrogen-bond acceptors (Lipinski definition) is 11. The average molecular weight is 963 g/mol. The van der Waals surface area contributed by atoms with Crippen LogP contribution in [0.5, 0.6) is 0 Å². The fourth-order valence-corrected chi connectivity index (χ4v) is 13.4. The van der Waals surface area contributed by atoms with Gasteiger partial charge in [-0.3, -0.25) is 0 Å². The van der Waals surface area contributed by atoms with Crippen molar-refractivity contribution >= 4 is 42.6 Å². The highest BCUT2D eigenvalue weighted by molar-refractivity contribution is 6.99. The molecule has 5 atom stereocenters. The van der Waals surface area contributed by atoms with Crippen molar-refractivity contribution in [2.75, 3.05) is 19.8 Å². The van der Waals surface area contributed by atoms with Crippen molar-refractivity contribution in [1.29, 1.82) is 0 Å². The summed E-state index contributed by atoms with van der Waals surface area (Å²) >= 11 is 0. The number of benzene rings is 6. The summed E-state index contributed by atoms with van der Waals surface area (Å²) in [6, 6.07) is 54.6. The van der Waals surface area contributed by atoms with Gasteiger partial charge in [-0.1, -0.05) is 180 Å². The lowest BCUT2D eigenvalue weighted by Gasteiger charge is -2.44. The van der Waals surface area contributed by atoms with Crippen molar-refractivity contribution in [2.45, 2.75) is 95.0 Å². The third-order valence-corrected chi connectivity index (χ3v) is 17.3. The van der Waals surface area contributed by atoms with Crippen LogP contribution in [0.15, 0.2) is 182 Å². The molecule has 0 bridgehead atoms. The minimum absolute atomic E-state index is 0.0969. The molecule has 1 fully saturated rings. The fourth-order valence-electron chi connectivity index (χ4n) is 8.76. The Balaban J connectivity index is 1.06. The molecule has 0 aliphatic carbocycles. The van der Waals surface area contributed by atoms with E-state index in [1.807, 2.05) is 12.1 Å². The van der Waals surface area contributed by atoms with Gasteiger partial charge in [0.2, 0.25) is 0 Å². The third kappa shape index (κ3) is 13.3. The van der Waals surface area contributed by atoms with Gasteiger partial charge in [0, 0.05) is 13.2 Å². The Bertz CT molecular complexity index is 2500. The smallest absolute Gasteiger partial charge is 0.338 e. The second kappa shape index (κ2) is 25.2. The standard InChI is InChI=1S/C58H62O11Si/c1-58(2,3)70(47-36-22-12-23-37-47,48-38-24-13-25-39-48)65-41-27-7-5-4-6-26-40-63-57-52(69-56(62)46-34-20-11-21-35-46)51(68-55(61)45-32-18-10-19-33-45)50(67-54(60)44-30-16-9-17-31-44)49(66-57)42-64-53(59)43-28-14-8-15-29-43/h8-25,28-39,49-52,57H,4-7,26-27,40-42H2,1-3H3/t49-,50-,51+,52-,57-/m1/s1. The van der Waals surface area contributed by atoms with E-state index >= 15 is 0 Å². The molecule has 6 aromatic rings. The number of carbonyl (C=O) groups is 4. The van der Waals surface area contributed by atoms with Gasteiger partial charge in [0.25, 0.3) is 8.32 Å². The van der Waals surface area contributed by atoms with E-state index in [4.69, 9.17) is 32.8 Å². The van der Waals surface area contributed by atoms with Crippen LogP contribution in [0, 0.1) is 0 Å². The highest BCUT2D eigenvalue weighted by Gasteiger charge is 2.54. The molecule has 364 valence electrons. The third-order valence-electron chi connectivity index (χ3n) is 12.3. The van der Waals surface area contributed by atoms with Crippen LogP contribution in [0.3, 0.4) is 0 Å². The van der Waals surface area contributed by atoms with Gasteiger partial charge in [-0.2, -0.15) is 0 Å². The van der Waals surface area contributed by atoms with E-state index in [2.05, 4.69) is 69.3 Å². The molecule has 11 nitrogen and oxygen atoms in total. The Morgan fingerprint density at radius 1 is 0.443 bits per heavy atom. The molecule has 0 aromatic heterocycles. The Morgan fingerprint density at radius 3 is 1.23 bits per heavy atom. The predicted octanol–water partition coefficient (Wildman–Crippen LogP) is 10.2. The zero-order valence-corrected chi connectivity index (χ0v) is 41.1. The van der Waals surface area contributed by atoms with Crippen LogP contribution in [0.2, 0.25) is 5.04 Å². The minimum Gasteiger partial charge on any atom is -0.459 e. The van der Waals surface area contributed by atoms with Gasteiger partial charge in [-0.05, 0) is 76.8 Å². The highest BCUT2D eigenvalue weighted by atomic mass is 28.4. The molecular weight excluding hydrogens is 901 g/mol. The summed E-state index contributed by atoms with van der Waals surface area (Å²) in [5.74, 6) is -2.94. The first-order chi connectivity index (χ1) is 34.0. The van der Waals surface area contributed by atoms with Crippen molar-refractivity contribution in [1.82, 2.24) is 0 Å². The van der Waals surface area contributed by atoms with Crippen LogP contribution in [0.4, 0.5) is 0 Å². The van der Waals surface area contributed by atoms with Gasteiger partial charge in [-0.15, -0.1) is 0 Å². The van der Waals surface area contributed by atoms with Crippen LogP contribution in [0.1, 0.15) is 101 Å². The van der Waals surface area contributed by atoms with E-state index in [0.29, 0.717) is 13.0 Å². The molecule has 6 aromatic carbocycles. The zero-order valence-electron chi connectivity index (χ0n) is 40.1. The van der Waals surface area contributed by atoms with Crippen molar-refractivity contribution in [2.24, 2.45) is 0 Å². The quantitative estimate of drug-likeness (QED) is 0.0279. The summed E-state index contributed by atoms with van der Waals surface area (Å²) in [7, 11) is -2.62. The maximum Gasteiger partial charge on any atom is 0.338 e. The van der Waals surface area contributed by atoms with Gasteiger partial charge >= 0.3 is 23.9 Å². The second-order valence-electron chi connectivity index (χ2n) is 18.2. The van der Waals surface area contributed by atoms with E-state index in [9.17, 15) is 19.2 Å². The zero-order chi connectivity index (χ0) is 49.2. The molecule has 0 saturated carbocycles. The van der Waals surface area contributed by atoms with Gasteiger partial charge in [-0.25, -0.2) is 19.2 Å². The van der Waals surface area contributed by atoms with E-state index in [1.54, 1.807) is 121 Å². The molecule has 7 rings (SSSR count). The van der Waals surface area contributed by atoms with Gasteiger partial charge in [0.1, 0.15) is 12.7 Å². The summed E-state index contributed by atoms with van der Waals surface area (Å²) in [6.45, 7) is 7.26. The van der Waals surface area contributed by atoms with E-state index in [1.165, 1.54) is 10.4 Å². The van der Waals surface area contributed by atoms with Gasteiger partial charge in [0.05, 0.1) is 22.3 Å². The van der Waals surface area contributed by atoms with Crippen LogP contribution in [-0.4, -0.2) is 82.7 Å². The molecule has 0 amide bonds. The first kappa shape index (κ1) is 51.2. The summed E-state index contributed by atoms with van der Waals surface area (Å²) < 4.78 is 44.3. The Morgan fingerprint density at radius 2 is 0.800 bits per heavy atom. The van der Waals surface area contributed by atoms with Crippen molar-refractivity contribution in [3.05, 3.63) is 204 Å². The lowest BCUT2D eigenvalue weighted by atomic mass is 9.97. The number of hydrogen-bond donors (Lipinski definition) is 0. The number of rotatable bonds is 22. The normalized spacial score (nSPS) is 18.0. The molecule has 1 heterocycles. The number of esters is 4. The van der Waals surface area contributed by atoms with Crippen LogP contribution in [0.25, 0.3) is 0 Å². The molecule has 1 saturated heterocycles. The maximum atomic E-state index is 14.0. The van der Waals surface area contributed by atoms with E-state index in [-0.39, 0.29) is 33.9 Å². The number of unbranched alkanes of at least 4 members (excludes halogenated alkanes) is 5. The summed E-state index contributed by atoms with van der Waals surface area (Å²) in [5.41, 5.74) is 0.925. The Kier molecular flexibility index (Phi) is 18.4. The molecular formula is C58H62O11Si. The lowest BCUT2D eigenvalue weighted by Crippen LogP contribution is -2.66. The summed E-state index contributed by atoms with van der Waals surface area (Å²) in [4.78, 5) is 55.0. The van der Waals surface area contributed by atoms with Crippen molar-refractivity contribution in [3.63, 3.8) is 0 Å². The summed E-state index contributed by atoms with van der Waals surface area (Å²) in [5, 5.41) is 2.42. The minimum atomic E-state index is -2.62. The molecule has 12 heteroatoms. The largest absolute Gasteiger partial charge is 0.459 e. The predicted molar refractivity (Wildman–Crippen MR) is 270 cm³/mol. The Hall–Kier alpha value is -6.70. The number of ether oxygens (including phenoxy) is 6. The lowest BCUT2D eigenvalue weighted by molar-refractivity contribution is -0.298. The van der Waals surface area contributed by atoms with E-state index in [0.717, 1.165) is 32.1 Å². The number of carbonyl (C=O) groups excluding carboxylic acids is 4. The first-order valence-electron chi connectivity index (χ1n) is 24.1. The molecule has 0 N–H and O–H groups in total. The molecule has 0 radical (unpaired) electrons. The van der Waals surface area contributed by atoms with Crippen LogP contribution < -0.4 is 10.4 Å². The van der Waals surface area contributed by atoms with E-state index < -0.39 is 69.5 Å². The monoisotopic (exact) mass is 962 g/mol. The SMILES string of the molecule is CC(C)(C)[Si](OCCCCCCCCO[C@@H]1O[C@H](COC(=O)c2ccccc2)[C@@H](OC(=O)c2ccccc2)[C@H](OC(=O)c2ccccc2)[C@H]1OC(=O)c1ccccc1)(c1ccccc1)c1ccccc1. The first-order valence-corrected chi connectivity index (χ1v) is 26.0.